The highest BCUT2D eigenvalue weighted by atomic mass is 35.5. The highest BCUT2D eigenvalue weighted by Gasteiger charge is 2.17. The molecule has 3 rings (SSSR count). The van der Waals surface area contributed by atoms with Crippen LogP contribution >= 0.6 is 46.9 Å². The first-order valence-corrected chi connectivity index (χ1v) is 10.4. The van der Waals surface area contributed by atoms with Crippen molar-refractivity contribution in [2.24, 2.45) is 0 Å². The van der Waals surface area contributed by atoms with E-state index in [9.17, 15) is 9.90 Å². The lowest BCUT2D eigenvalue weighted by Crippen LogP contribution is -2.32. The molecule has 0 amide bonds. The fourth-order valence-electron chi connectivity index (χ4n) is 3.24. The van der Waals surface area contributed by atoms with Crippen LogP contribution in [-0.2, 0) is 4.79 Å². The van der Waals surface area contributed by atoms with Gasteiger partial charge >= 0.3 is 5.97 Å². The number of aryl methyl sites for hydroxylation is 1. The van der Waals surface area contributed by atoms with E-state index in [1.54, 1.807) is 17.4 Å². The normalized spacial score (nSPS) is 15.1. The maximum Gasteiger partial charge on any atom is 0.332 e. The van der Waals surface area contributed by atoms with E-state index in [0.717, 1.165) is 37.1 Å². The molecule has 0 unspecified atom stereocenters. The van der Waals surface area contributed by atoms with Gasteiger partial charge in [0.1, 0.15) is 0 Å². The van der Waals surface area contributed by atoms with Crippen LogP contribution in [-0.4, -0.2) is 35.6 Å². The van der Waals surface area contributed by atoms with Crippen molar-refractivity contribution in [2.45, 2.75) is 19.8 Å². The van der Waals surface area contributed by atoms with Crippen molar-refractivity contribution >= 4 is 58.5 Å². The molecule has 0 radical (unpaired) electrons. The summed E-state index contributed by atoms with van der Waals surface area (Å²) in [6, 6.07) is 7.71. The molecule has 0 saturated carbocycles. The highest BCUT2D eigenvalue weighted by Crippen LogP contribution is 2.33. The molecule has 1 aromatic heterocycles. The van der Waals surface area contributed by atoms with Gasteiger partial charge in [-0.1, -0.05) is 35.4 Å². The zero-order chi connectivity index (χ0) is 19.4. The van der Waals surface area contributed by atoms with Gasteiger partial charge in [0.25, 0.3) is 0 Å². The number of carboxylic acids is 1. The van der Waals surface area contributed by atoms with Gasteiger partial charge in [-0.15, -0.1) is 23.7 Å². The first-order chi connectivity index (χ1) is 12.9. The number of carboxylic acid groups (broad SMARTS) is 1. The highest BCUT2D eigenvalue weighted by molar-refractivity contribution is 7.11. The van der Waals surface area contributed by atoms with E-state index >= 15 is 0 Å². The molecule has 150 valence electrons. The van der Waals surface area contributed by atoms with E-state index in [4.69, 9.17) is 23.2 Å². The van der Waals surface area contributed by atoms with Gasteiger partial charge in [0.2, 0.25) is 0 Å². The zero-order valence-electron chi connectivity index (χ0n) is 15.5. The fraction of sp³-hybridized carbons (Fsp3) is 0.286. The van der Waals surface area contributed by atoms with Crippen molar-refractivity contribution in [2.75, 3.05) is 19.6 Å². The van der Waals surface area contributed by atoms with Crippen LogP contribution in [0.3, 0.4) is 0 Å². The van der Waals surface area contributed by atoms with Gasteiger partial charge in [0, 0.05) is 40.1 Å². The number of halogens is 3. The number of carbonyl (C=O) groups is 1. The minimum atomic E-state index is -0.821. The Morgan fingerprint density at radius 2 is 2.00 bits per heavy atom. The summed E-state index contributed by atoms with van der Waals surface area (Å²) >= 11 is 14.1. The Morgan fingerprint density at radius 1 is 1.29 bits per heavy atom. The van der Waals surface area contributed by atoms with E-state index in [1.807, 2.05) is 18.2 Å². The minimum absolute atomic E-state index is 0. The zero-order valence-corrected chi connectivity index (χ0v) is 18.6. The second-order valence-electron chi connectivity index (χ2n) is 6.60. The summed E-state index contributed by atoms with van der Waals surface area (Å²) in [6.07, 6.45) is 5.64. The van der Waals surface area contributed by atoms with Crippen LogP contribution in [0.1, 0.15) is 28.8 Å². The van der Waals surface area contributed by atoms with Crippen molar-refractivity contribution in [1.29, 1.82) is 0 Å². The lowest BCUT2D eigenvalue weighted by Gasteiger charge is -2.25. The summed E-state index contributed by atoms with van der Waals surface area (Å²) < 4.78 is 0. The standard InChI is InChI=1S/C21H21Cl2NO2S.ClH/c1-14-6-9-27-20(14)19(16-10-17(22)12-18(23)11-16)5-3-8-24-7-2-4-15(13-24)21(25)26;/h4-6,9-12H,2-3,7-8,13H2,1H3,(H,25,26);1H/b19-5-;. The van der Waals surface area contributed by atoms with Crippen molar-refractivity contribution in [1.82, 2.24) is 4.90 Å². The average molecular weight is 459 g/mol. The maximum absolute atomic E-state index is 11.2. The van der Waals surface area contributed by atoms with E-state index in [2.05, 4.69) is 29.3 Å². The second kappa shape index (κ2) is 10.5. The molecule has 1 N–H and O–H groups in total. The Bertz CT molecular complexity index is 885. The topological polar surface area (TPSA) is 40.5 Å². The summed E-state index contributed by atoms with van der Waals surface area (Å²) in [5.41, 5.74) is 3.83. The molecule has 28 heavy (non-hydrogen) atoms. The van der Waals surface area contributed by atoms with E-state index in [1.165, 1.54) is 10.4 Å². The van der Waals surface area contributed by atoms with E-state index < -0.39 is 5.97 Å². The van der Waals surface area contributed by atoms with E-state index in [-0.39, 0.29) is 12.4 Å². The molecule has 1 aromatic carbocycles. The molecular weight excluding hydrogens is 437 g/mol. The Hall–Kier alpha value is -1.30. The number of hydrogen-bond donors (Lipinski definition) is 1. The van der Waals surface area contributed by atoms with Crippen molar-refractivity contribution < 1.29 is 9.90 Å². The van der Waals surface area contributed by atoms with Crippen LogP contribution in [0.5, 0.6) is 0 Å². The number of benzene rings is 1. The van der Waals surface area contributed by atoms with Crippen LogP contribution in [0.2, 0.25) is 10.0 Å². The summed E-state index contributed by atoms with van der Waals surface area (Å²) in [4.78, 5) is 14.6. The molecule has 0 bridgehead atoms. The third-order valence-corrected chi connectivity index (χ3v) is 6.06. The van der Waals surface area contributed by atoms with Gasteiger partial charge in [-0.05, 0) is 66.1 Å². The van der Waals surface area contributed by atoms with Crippen LogP contribution in [0.25, 0.3) is 5.57 Å². The average Bonchev–Trinajstić information content (AvgIpc) is 3.04. The van der Waals surface area contributed by atoms with Gasteiger partial charge in [-0.2, -0.15) is 0 Å². The third kappa shape index (κ3) is 5.85. The van der Waals surface area contributed by atoms with Crippen LogP contribution < -0.4 is 0 Å². The van der Waals surface area contributed by atoms with Crippen LogP contribution in [0.15, 0.2) is 47.4 Å². The lowest BCUT2D eigenvalue weighted by molar-refractivity contribution is -0.133. The smallest absolute Gasteiger partial charge is 0.332 e. The van der Waals surface area contributed by atoms with Gasteiger partial charge in [-0.3, -0.25) is 4.90 Å². The molecule has 2 heterocycles. The lowest BCUT2D eigenvalue weighted by atomic mass is 10.0. The molecule has 7 heteroatoms. The summed E-state index contributed by atoms with van der Waals surface area (Å²) in [6.45, 7) is 4.30. The third-order valence-electron chi connectivity index (χ3n) is 4.58. The first kappa shape index (κ1) is 23.0. The molecule has 3 nitrogen and oxygen atoms in total. The Morgan fingerprint density at radius 3 is 2.61 bits per heavy atom. The van der Waals surface area contributed by atoms with Crippen molar-refractivity contribution in [3.63, 3.8) is 0 Å². The summed E-state index contributed by atoms with van der Waals surface area (Å²) in [7, 11) is 0. The quantitative estimate of drug-likeness (QED) is 0.550. The van der Waals surface area contributed by atoms with Gasteiger partial charge in [-0.25, -0.2) is 4.79 Å². The summed E-state index contributed by atoms with van der Waals surface area (Å²) in [5, 5.41) is 12.5. The molecule has 0 aliphatic carbocycles. The molecule has 1 aliphatic rings. The largest absolute Gasteiger partial charge is 0.478 e. The minimum Gasteiger partial charge on any atom is -0.478 e. The van der Waals surface area contributed by atoms with E-state index in [0.29, 0.717) is 22.2 Å². The monoisotopic (exact) mass is 457 g/mol. The first-order valence-electron chi connectivity index (χ1n) is 8.80. The van der Waals surface area contributed by atoms with Crippen LogP contribution in [0, 0.1) is 6.92 Å². The number of nitrogens with zero attached hydrogens (tertiary/aromatic N) is 1. The van der Waals surface area contributed by atoms with Crippen molar-refractivity contribution in [3.05, 3.63) is 73.4 Å². The molecular formula is C21H22Cl3NO2S. The van der Waals surface area contributed by atoms with Gasteiger partial charge in [0.05, 0.1) is 0 Å². The van der Waals surface area contributed by atoms with Gasteiger partial charge in [0.15, 0.2) is 0 Å². The fourth-order valence-corrected chi connectivity index (χ4v) is 4.76. The molecule has 2 aromatic rings. The Labute approximate surface area is 185 Å². The Balaban J connectivity index is 0.00000280. The number of aliphatic carboxylic acids is 1. The molecule has 0 atom stereocenters. The number of hydrogen-bond acceptors (Lipinski definition) is 3. The summed E-state index contributed by atoms with van der Waals surface area (Å²) in [5.74, 6) is -0.821. The predicted molar refractivity (Wildman–Crippen MR) is 121 cm³/mol. The molecule has 0 saturated heterocycles. The predicted octanol–water partition coefficient (Wildman–Crippen LogP) is 6.32. The number of rotatable bonds is 6. The Kier molecular flexibility index (Phi) is 8.59. The second-order valence-corrected chi connectivity index (χ2v) is 8.39. The molecule has 0 fully saturated rings. The molecule has 0 spiro atoms. The van der Waals surface area contributed by atoms with Crippen LogP contribution in [0.4, 0.5) is 0 Å². The SMILES string of the molecule is Cc1ccsc1/C(=C\CCN1CCC=C(C(=O)O)C1)c1cc(Cl)cc(Cl)c1.Cl. The molecule has 1 aliphatic heterocycles. The van der Waals surface area contributed by atoms with Gasteiger partial charge < -0.3 is 5.11 Å². The number of thiophene rings is 1. The maximum atomic E-state index is 11.2. The van der Waals surface area contributed by atoms with Crippen molar-refractivity contribution in [3.8, 4) is 0 Å².